The maximum atomic E-state index is 8.51. The first-order chi connectivity index (χ1) is 7.58. The molecule has 0 bridgehead atoms. The predicted molar refractivity (Wildman–Crippen MR) is 73.2 cm³/mol. The maximum Gasteiger partial charge on any atom is 0.183 e. The summed E-state index contributed by atoms with van der Waals surface area (Å²) in [6.07, 6.45) is 3.69. The van der Waals surface area contributed by atoms with E-state index in [0.717, 1.165) is 15.7 Å². The zero-order valence-corrected chi connectivity index (χ0v) is 11.9. The summed E-state index contributed by atoms with van der Waals surface area (Å²) in [4.78, 5) is 4.29. The third-order valence-electron chi connectivity index (χ3n) is 1.78. The number of nitrogens with zero attached hydrogens (tertiary/aromatic N) is 2. The zero-order chi connectivity index (χ0) is 12.1. The van der Waals surface area contributed by atoms with Gasteiger partial charge in [0.25, 0.3) is 0 Å². The van der Waals surface area contributed by atoms with Crippen LogP contribution in [0.25, 0.3) is 0 Å². The SMILES string of the molecule is CSC(=Nc1cc(C)c(Cl)c(Br)c1)NC#N. The molecule has 0 aliphatic heterocycles. The van der Waals surface area contributed by atoms with Gasteiger partial charge in [-0.2, -0.15) is 5.26 Å². The molecule has 0 spiro atoms. The lowest BCUT2D eigenvalue weighted by Gasteiger charge is -2.04. The second kappa shape index (κ2) is 6.14. The monoisotopic (exact) mass is 317 g/mol. The van der Waals surface area contributed by atoms with Gasteiger partial charge in [-0.1, -0.05) is 23.4 Å². The fourth-order valence-electron chi connectivity index (χ4n) is 1.06. The second-order valence-corrected chi connectivity index (χ2v) is 4.94. The number of hydrogen-bond donors (Lipinski definition) is 1. The van der Waals surface area contributed by atoms with Crippen LogP contribution in [-0.4, -0.2) is 11.4 Å². The van der Waals surface area contributed by atoms with E-state index in [1.54, 1.807) is 0 Å². The molecule has 1 aromatic rings. The summed E-state index contributed by atoms with van der Waals surface area (Å²) < 4.78 is 0.797. The third kappa shape index (κ3) is 3.41. The largest absolute Gasteiger partial charge is 0.271 e. The summed E-state index contributed by atoms with van der Waals surface area (Å²) >= 11 is 10.7. The van der Waals surface area contributed by atoms with E-state index in [1.165, 1.54) is 11.8 Å². The van der Waals surface area contributed by atoms with Crippen molar-refractivity contribution < 1.29 is 0 Å². The number of hydrogen-bond acceptors (Lipinski definition) is 3. The summed E-state index contributed by atoms with van der Waals surface area (Å²) in [5.41, 5.74) is 1.69. The molecule has 0 amide bonds. The van der Waals surface area contributed by atoms with Crippen molar-refractivity contribution in [1.29, 1.82) is 5.26 Å². The Morgan fingerprint density at radius 1 is 1.62 bits per heavy atom. The summed E-state index contributed by atoms with van der Waals surface area (Å²) in [5, 5.41) is 12.2. The highest BCUT2D eigenvalue weighted by molar-refractivity contribution is 9.10. The number of aliphatic imine (C=N–C) groups is 1. The molecule has 0 aromatic heterocycles. The molecule has 0 heterocycles. The van der Waals surface area contributed by atoms with E-state index in [1.807, 2.05) is 31.5 Å². The number of halogens is 2. The number of benzene rings is 1. The van der Waals surface area contributed by atoms with Crippen LogP contribution in [-0.2, 0) is 0 Å². The van der Waals surface area contributed by atoms with Crippen LogP contribution in [0.15, 0.2) is 21.6 Å². The van der Waals surface area contributed by atoms with Gasteiger partial charge >= 0.3 is 0 Å². The Morgan fingerprint density at radius 2 is 2.31 bits per heavy atom. The fourth-order valence-corrected chi connectivity index (χ4v) is 2.06. The van der Waals surface area contributed by atoms with Crippen molar-refractivity contribution >= 4 is 50.1 Å². The quantitative estimate of drug-likeness (QED) is 0.370. The van der Waals surface area contributed by atoms with E-state index in [2.05, 4.69) is 26.2 Å². The molecular formula is C10H9BrClN3S. The lowest BCUT2D eigenvalue weighted by atomic mass is 10.2. The van der Waals surface area contributed by atoms with Gasteiger partial charge in [-0.15, -0.1) is 0 Å². The number of nitrogens with one attached hydrogen (secondary N) is 1. The molecule has 0 saturated carbocycles. The highest BCUT2D eigenvalue weighted by Gasteiger charge is 2.04. The average Bonchev–Trinajstić information content (AvgIpc) is 2.25. The van der Waals surface area contributed by atoms with Gasteiger partial charge in [0.2, 0.25) is 0 Å². The van der Waals surface area contributed by atoms with E-state index < -0.39 is 0 Å². The normalized spacial score (nSPS) is 11.1. The van der Waals surface area contributed by atoms with E-state index in [4.69, 9.17) is 16.9 Å². The van der Waals surface area contributed by atoms with Gasteiger partial charge in [-0.3, -0.25) is 5.32 Å². The lowest BCUT2D eigenvalue weighted by molar-refractivity contribution is 1.27. The zero-order valence-electron chi connectivity index (χ0n) is 8.71. The third-order valence-corrected chi connectivity index (χ3v) is 3.72. The number of thioether (sulfide) groups is 1. The van der Waals surface area contributed by atoms with Crippen molar-refractivity contribution in [2.24, 2.45) is 4.99 Å². The molecule has 0 aliphatic carbocycles. The predicted octanol–water partition coefficient (Wildman–Crippen LogP) is 3.83. The molecule has 16 heavy (non-hydrogen) atoms. The highest BCUT2D eigenvalue weighted by atomic mass is 79.9. The first kappa shape index (κ1) is 13.4. The summed E-state index contributed by atoms with van der Waals surface area (Å²) in [6.45, 7) is 1.91. The molecule has 1 rings (SSSR count). The minimum absolute atomic E-state index is 0.552. The van der Waals surface area contributed by atoms with Gasteiger partial charge in [0.1, 0.15) is 0 Å². The molecule has 0 saturated heterocycles. The Hall–Kier alpha value is -0.700. The van der Waals surface area contributed by atoms with Crippen LogP contribution in [0.3, 0.4) is 0 Å². The van der Waals surface area contributed by atoms with Gasteiger partial charge in [0.15, 0.2) is 11.4 Å². The molecule has 0 atom stereocenters. The van der Waals surface area contributed by atoms with Gasteiger partial charge in [0, 0.05) is 4.47 Å². The molecule has 0 radical (unpaired) electrons. The molecule has 84 valence electrons. The van der Waals surface area contributed by atoms with Crippen LogP contribution < -0.4 is 5.32 Å². The van der Waals surface area contributed by atoms with Crippen molar-refractivity contribution in [2.75, 3.05) is 6.26 Å². The summed E-state index contributed by atoms with van der Waals surface area (Å²) in [7, 11) is 0. The first-order valence-corrected chi connectivity index (χ1v) is 6.71. The minimum Gasteiger partial charge on any atom is -0.271 e. The van der Waals surface area contributed by atoms with Crippen LogP contribution >= 0.6 is 39.3 Å². The number of rotatable bonds is 1. The Bertz CT molecular complexity index is 445. The van der Waals surface area contributed by atoms with Crippen molar-refractivity contribution in [3.63, 3.8) is 0 Å². The molecular weight excluding hydrogens is 310 g/mol. The molecule has 0 unspecified atom stereocenters. The fraction of sp³-hybridized carbons (Fsp3) is 0.200. The van der Waals surface area contributed by atoms with Gasteiger partial charge < -0.3 is 0 Å². The van der Waals surface area contributed by atoms with Crippen LogP contribution in [0.5, 0.6) is 0 Å². The van der Waals surface area contributed by atoms with Crippen LogP contribution in [0, 0.1) is 18.4 Å². The van der Waals surface area contributed by atoms with E-state index in [9.17, 15) is 0 Å². The summed E-state index contributed by atoms with van der Waals surface area (Å²) in [5.74, 6) is 0. The van der Waals surface area contributed by atoms with Crippen LogP contribution in [0.1, 0.15) is 5.56 Å². The molecule has 3 nitrogen and oxygen atoms in total. The van der Waals surface area contributed by atoms with Gasteiger partial charge in [-0.05, 0) is 46.8 Å². The Labute approximate surface area is 112 Å². The number of nitriles is 1. The molecule has 0 aliphatic rings. The highest BCUT2D eigenvalue weighted by Crippen LogP contribution is 2.31. The molecule has 1 N–H and O–H groups in total. The topological polar surface area (TPSA) is 48.2 Å². The van der Waals surface area contributed by atoms with Crippen molar-refractivity contribution in [3.05, 3.63) is 27.2 Å². The number of aryl methyl sites for hydroxylation is 1. The van der Waals surface area contributed by atoms with E-state index in [-0.39, 0.29) is 0 Å². The number of amidine groups is 1. The van der Waals surface area contributed by atoms with Crippen molar-refractivity contribution in [3.8, 4) is 6.19 Å². The van der Waals surface area contributed by atoms with Crippen molar-refractivity contribution in [1.82, 2.24) is 5.32 Å². The van der Waals surface area contributed by atoms with E-state index in [0.29, 0.717) is 10.2 Å². The smallest absolute Gasteiger partial charge is 0.183 e. The first-order valence-electron chi connectivity index (χ1n) is 4.32. The standard InChI is InChI=1S/C10H9BrClN3S/c1-6-3-7(4-8(11)9(6)12)15-10(16-2)14-5-13/h3-4H,1-2H3,(H,14,15). The van der Waals surface area contributed by atoms with Crippen LogP contribution in [0.4, 0.5) is 5.69 Å². The van der Waals surface area contributed by atoms with Crippen molar-refractivity contribution in [2.45, 2.75) is 6.92 Å². The van der Waals surface area contributed by atoms with Crippen LogP contribution in [0.2, 0.25) is 5.02 Å². The second-order valence-electron chi connectivity index (χ2n) is 2.92. The van der Waals surface area contributed by atoms with Gasteiger partial charge in [0.05, 0.1) is 10.7 Å². The average molecular weight is 319 g/mol. The molecule has 1 aromatic carbocycles. The Kier molecular flexibility index (Phi) is 5.13. The minimum atomic E-state index is 0.552. The maximum absolute atomic E-state index is 8.51. The van der Waals surface area contributed by atoms with E-state index >= 15 is 0 Å². The Morgan fingerprint density at radius 3 is 2.81 bits per heavy atom. The Balaban J connectivity index is 3.11. The molecule has 6 heteroatoms. The summed E-state index contributed by atoms with van der Waals surface area (Å²) in [6, 6.07) is 3.67. The lowest BCUT2D eigenvalue weighted by Crippen LogP contribution is -2.12. The molecule has 0 fully saturated rings. The van der Waals surface area contributed by atoms with Gasteiger partial charge in [-0.25, -0.2) is 4.99 Å².